The van der Waals surface area contributed by atoms with Crippen molar-refractivity contribution in [3.8, 4) is 11.1 Å². The highest BCUT2D eigenvalue weighted by Crippen LogP contribution is 2.26. The number of rotatable bonds is 14. The first kappa shape index (κ1) is 25.1. The van der Waals surface area contributed by atoms with E-state index in [1.807, 2.05) is 31.2 Å². The number of hydrogen-bond donors (Lipinski definition) is 2. The summed E-state index contributed by atoms with van der Waals surface area (Å²) < 4.78 is 5.29. The number of carbonyl (C=O) groups excluding carboxylic acids is 1. The summed E-state index contributed by atoms with van der Waals surface area (Å²) >= 11 is 1.64. The van der Waals surface area contributed by atoms with Gasteiger partial charge in [-0.15, -0.1) is 11.3 Å². The van der Waals surface area contributed by atoms with Crippen LogP contribution in [0.4, 0.5) is 0 Å². The van der Waals surface area contributed by atoms with Crippen molar-refractivity contribution >= 4 is 23.2 Å². The van der Waals surface area contributed by atoms with Crippen LogP contribution < -0.4 is 5.32 Å². The van der Waals surface area contributed by atoms with Crippen molar-refractivity contribution in [2.75, 3.05) is 6.61 Å². The third-order valence-corrected chi connectivity index (χ3v) is 6.32. The van der Waals surface area contributed by atoms with Crippen LogP contribution in [0, 0.1) is 5.92 Å². The Morgan fingerprint density at radius 3 is 2.48 bits per heavy atom. The topological polar surface area (TPSA) is 75.6 Å². The minimum atomic E-state index is -0.939. The van der Waals surface area contributed by atoms with E-state index in [1.165, 1.54) is 19.3 Å². The van der Waals surface area contributed by atoms with Crippen molar-refractivity contribution in [1.29, 1.82) is 0 Å². The average molecular weight is 446 g/mol. The van der Waals surface area contributed by atoms with Crippen LogP contribution in [0.15, 0.2) is 35.7 Å². The molecule has 0 radical (unpaired) electrons. The van der Waals surface area contributed by atoms with Crippen LogP contribution in [-0.4, -0.2) is 29.7 Å². The largest absolute Gasteiger partial charge is 0.479 e. The SMILES string of the molecule is CCCCCCC(C)C(=O)NCc1cc(-c2ccc(CC(OCC)C(=O)O)cc2)cs1. The molecule has 0 aliphatic heterocycles. The number of carboxylic acid groups (broad SMARTS) is 1. The number of amides is 1. The van der Waals surface area contributed by atoms with Crippen molar-refractivity contribution in [2.45, 2.75) is 71.9 Å². The van der Waals surface area contributed by atoms with Crippen LogP contribution >= 0.6 is 11.3 Å². The molecule has 170 valence electrons. The van der Waals surface area contributed by atoms with Gasteiger partial charge in [0.2, 0.25) is 5.91 Å². The van der Waals surface area contributed by atoms with Gasteiger partial charge in [-0.3, -0.25) is 4.79 Å². The summed E-state index contributed by atoms with van der Waals surface area (Å²) in [6, 6.07) is 10.0. The predicted molar refractivity (Wildman–Crippen MR) is 126 cm³/mol. The van der Waals surface area contributed by atoms with Crippen LogP contribution in [0.1, 0.15) is 63.3 Å². The molecule has 2 aromatic rings. The van der Waals surface area contributed by atoms with Crippen molar-refractivity contribution in [3.05, 3.63) is 46.2 Å². The van der Waals surface area contributed by atoms with Crippen molar-refractivity contribution in [3.63, 3.8) is 0 Å². The van der Waals surface area contributed by atoms with E-state index in [1.54, 1.807) is 18.3 Å². The molecule has 0 aliphatic rings. The Balaban J connectivity index is 1.86. The standard InChI is InChI=1S/C25H35NO4S/c1-4-6-7-8-9-18(3)24(27)26-16-22-15-21(17-31-22)20-12-10-19(11-13-20)14-23(25(28)29)30-5-2/h10-13,15,17-18,23H,4-9,14,16H2,1-3H3,(H,26,27)(H,28,29). The molecule has 2 unspecified atom stereocenters. The quantitative estimate of drug-likeness (QED) is 0.367. The van der Waals surface area contributed by atoms with E-state index in [0.29, 0.717) is 19.6 Å². The molecular weight excluding hydrogens is 410 g/mol. The zero-order valence-electron chi connectivity index (χ0n) is 18.9. The Bertz CT molecular complexity index is 815. The number of ether oxygens (including phenoxy) is 1. The predicted octanol–water partition coefficient (Wildman–Crippen LogP) is 5.67. The number of carbonyl (C=O) groups is 2. The fraction of sp³-hybridized carbons (Fsp3) is 0.520. The van der Waals surface area contributed by atoms with E-state index in [0.717, 1.165) is 34.4 Å². The van der Waals surface area contributed by atoms with E-state index in [4.69, 9.17) is 4.74 Å². The van der Waals surface area contributed by atoms with Gasteiger partial charge in [-0.2, -0.15) is 0 Å². The maximum atomic E-state index is 12.3. The van der Waals surface area contributed by atoms with E-state index in [2.05, 4.69) is 23.7 Å². The maximum absolute atomic E-state index is 12.3. The molecule has 0 fully saturated rings. The fourth-order valence-electron chi connectivity index (χ4n) is 3.45. The van der Waals surface area contributed by atoms with Gasteiger partial charge in [0.05, 0.1) is 6.54 Å². The lowest BCUT2D eigenvalue weighted by Gasteiger charge is -2.12. The Morgan fingerprint density at radius 2 is 1.84 bits per heavy atom. The molecule has 0 saturated heterocycles. The minimum absolute atomic E-state index is 0.0511. The third kappa shape index (κ3) is 8.46. The van der Waals surface area contributed by atoms with Crippen LogP contribution in [0.2, 0.25) is 0 Å². The number of hydrogen-bond acceptors (Lipinski definition) is 4. The Hall–Kier alpha value is -2.18. The molecule has 2 rings (SSSR count). The van der Waals surface area contributed by atoms with Gasteiger partial charge in [-0.1, -0.05) is 63.8 Å². The van der Waals surface area contributed by atoms with E-state index in [9.17, 15) is 14.7 Å². The zero-order valence-corrected chi connectivity index (χ0v) is 19.7. The summed E-state index contributed by atoms with van der Waals surface area (Å²) in [7, 11) is 0. The van der Waals surface area contributed by atoms with Gasteiger partial charge < -0.3 is 15.2 Å². The van der Waals surface area contributed by atoms with E-state index < -0.39 is 12.1 Å². The second-order valence-corrected chi connectivity index (χ2v) is 8.95. The molecule has 1 amide bonds. The Morgan fingerprint density at radius 1 is 1.10 bits per heavy atom. The molecule has 0 saturated carbocycles. The monoisotopic (exact) mass is 445 g/mol. The molecule has 0 aliphatic carbocycles. The highest BCUT2D eigenvalue weighted by Gasteiger charge is 2.18. The molecule has 1 aromatic carbocycles. The molecular formula is C25H35NO4S. The second-order valence-electron chi connectivity index (χ2n) is 7.95. The molecule has 2 N–H and O–H groups in total. The fourth-order valence-corrected chi connectivity index (χ4v) is 4.28. The summed E-state index contributed by atoms with van der Waals surface area (Å²) in [5, 5.41) is 14.4. The summed E-state index contributed by atoms with van der Waals surface area (Å²) in [5.74, 6) is -0.765. The first-order chi connectivity index (χ1) is 14.9. The van der Waals surface area contributed by atoms with Crippen LogP contribution in [0.3, 0.4) is 0 Å². The van der Waals surface area contributed by atoms with Crippen LogP contribution in [0.25, 0.3) is 11.1 Å². The minimum Gasteiger partial charge on any atom is -0.479 e. The van der Waals surface area contributed by atoms with Crippen LogP contribution in [0.5, 0.6) is 0 Å². The molecule has 6 heteroatoms. The Kier molecular flexibility index (Phi) is 10.7. The summed E-state index contributed by atoms with van der Waals surface area (Å²) in [4.78, 5) is 24.7. The molecule has 5 nitrogen and oxygen atoms in total. The third-order valence-electron chi connectivity index (χ3n) is 5.38. The van der Waals surface area contributed by atoms with E-state index >= 15 is 0 Å². The lowest BCUT2D eigenvalue weighted by Crippen LogP contribution is -2.28. The van der Waals surface area contributed by atoms with Gasteiger partial charge in [-0.25, -0.2) is 4.79 Å². The zero-order chi connectivity index (χ0) is 22.6. The second kappa shape index (κ2) is 13.3. The number of thiophene rings is 1. The molecule has 1 heterocycles. The molecule has 2 atom stereocenters. The van der Waals surface area contributed by atoms with Crippen molar-refractivity contribution in [2.24, 2.45) is 5.92 Å². The Labute approximate surface area is 189 Å². The number of aliphatic carboxylic acids is 1. The van der Waals surface area contributed by atoms with Gasteiger partial charge in [0.25, 0.3) is 0 Å². The first-order valence-corrected chi connectivity index (χ1v) is 12.1. The van der Waals surface area contributed by atoms with Crippen molar-refractivity contribution < 1.29 is 19.4 Å². The lowest BCUT2D eigenvalue weighted by molar-refractivity contribution is -0.150. The number of carboxylic acids is 1. The highest BCUT2D eigenvalue weighted by atomic mass is 32.1. The van der Waals surface area contributed by atoms with Crippen LogP contribution in [-0.2, 0) is 27.3 Å². The normalized spacial score (nSPS) is 13.0. The average Bonchev–Trinajstić information content (AvgIpc) is 3.24. The summed E-state index contributed by atoms with van der Waals surface area (Å²) in [6.07, 6.45) is 5.23. The maximum Gasteiger partial charge on any atom is 0.333 e. The molecule has 1 aromatic heterocycles. The molecule has 0 bridgehead atoms. The first-order valence-electron chi connectivity index (χ1n) is 11.2. The number of unbranched alkanes of at least 4 members (excludes halogenated alkanes) is 3. The number of nitrogens with one attached hydrogen (secondary N) is 1. The highest BCUT2D eigenvalue weighted by molar-refractivity contribution is 7.10. The van der Waals surface area contributed by atoms with Gasteiger partial charge in [0.1, 0.15) is 0 Å². The molecule has 0 spiro atoms. The van der Waals surface area contributed by atoms with Gasteiger partial charge in [0, 0.05) is 23.8 Å². The smallest absolute Gasteiger partial charge is 0.333 e. The van der Waals surface area contributed by atoms with Crippen molar-refractivity contribution in [1.82, 2.24) is 5.32 Å². The molecule has 31 heavy (non-hydrogen) atoms. The van der Waals surface area contributed by atoms with Gasteiger partial charge >= 0.3 is 5.97 Å². The van der Waals surface area contributed by atoms with Gasteiger partial charge in [-0.05, 0) is 41.5 Å². The summed E-state index contributed by atoms with van der Waals surface area (Å²) in [5.41, 5.74) is 3.11. The lowest BCUT2D eigenvalue weighted by atomic mass is 10.0. The number of benzene rings is 1. The van der Waals surface area contributed by atoms with E-state index in [-0.39, 0.29) is 11.8 Å². The summed E-state index contributed by atoms with van der Waals surface area (Å²) in [6.45, 7) is 6.92. The van der Waals surface area contributed by atoms with Gasteiger partial charge in [0.15, 0.2) is 6.10 Å².